The lowest BCUT2D eigenvalue weighted by Crippen LogP contribution is -2.26. The van der Waals surface area contributed by atoms with Gasteiger partial charge < -0.3 is 15.0 Å². The molecule has 0 unspecified atom stereocenters. The normalized spacial score (nSPS) is 10.8. The molecule has 0 saturated heterocycles. The van der Waals surface area contributed by atoms with E-state index < -0.39 is 12.1 Å². The fourth-order valence-corrected chi connectivity index (χ4v) is 3.09. The quantitative estimate of drug-likeness (QED) is 0.408. The van der Waals surface area contributed by atoms with Crippen LogP contribution in [0.1, 0.15) is 21.7 Å². The van der Waals surface area contributed by atoms with Crippen LogP contribution >= 0.6 is 0 Å². The fraction of sp³-hybridized carbons (Fsp3) is 0.160. The molecule has 4 rings (SSSR count). The van der Waals surface area contributed by atoms with E-state index in [4.69, 9.17) is 9.90 Å². The number of anilines is 1. The number of imidazole rings is 1. The maximum absolute atomic E-state index is 12.9. The van der Waals surface area contributed by atoms with Crippen LogP contribution < -0.4 is 4.90 Å². The number of carboxylic acid groups (broad SMARTS) is 1. The molecule has 3 heterocycles. The molecular formula is C25H22F3N5O3. The highest BCUT2D eigenvalue weighted by Crippen LogP contribution is 2.25. The number of nitrogens with one attached hydrogen (secondary N) is 1. The van der Waals surface area contributed by atoms with Crippen LogP contribution in [0.3, 0.4) is 0 Å². The molecule has 3 aromatic heterocycles. The van der Waals surface area contributed by atoms with Crippen molar-refractivity contribution >= 4 is 17.6 Å². The molecule has 8 nitrogen and oxygen atoms in total. The number of halogens is 3. The lowest BCUT2D eigenvalue weighted by molar-refractivity contribution is -0.192. The van der Waals surface area contributed by atoms with Crippen molar-refractivity contribution < 1.29 is 27.9 Å². The number of H-pyrrole nitrogens is 1. The fourth-order valence-electron chi connectivity index (χ4n) is 3.09. The molecule has 4 aromatic rings. The van der Waals surface area contributed by atoms with Crippen LogP contribution in [0, 0.1) is 13.8 Å². The average Bonchev–Trinajstić information content (AvgIpc) is 3.21. The molecule has 2 N–H and O–H groups in total. The van der Waals surface area contributed by atoms with Crippen LogP contribution in [-0.4, -0.2) is 50.1 Å². The number of carboxylic acids is 1. The molecule has 0 radical (unpaired) electrons. The van der Waals surface area contributed by atoms with E-state index in [9.17, 15) is 18.0 Å². The number of aromatic amines is 1. The molecule has 0 saturated carbocycles. The number of para-hydroxylation sites is 1. The predicted molar refractivity (Wildman–Crippen MR) is 127 cm³/mol. The molecule has 0 spiro atoms. The predicted octanol–water partition coefficient (Wildman–Crippen LogP) is 5.06. The third kappa shape index (κ3) is 6.32. The number of hydrogen-bond donors (Lipinski definition) is 2. The monoisotopic (exact) mass is 497 g/mol. The van der Waals surface area contributed by atoms with E-state index in [1.807, 2.05) is 62.4 Å². The maximum atomic E-state index is 12.9. The van der Waals surface area contributed by atoms with Gasteiger partial charge in [0.25, 0.3) is 5.91 Å². The summed E-state index contributed by atoms with van der Waals surface area (Å²) in [5.74, 6) is -2.14. The largest absolute Gasteiger partial charge is 0.490 e. The molecule has 0 atom stereocenters. The van der Waals surface area contributed by atoms with Gasteiger partial charge in [-0.1, -0.05) is 18.2 Å². The highest BCUT2D eigenvalue weighted by Gasteiger charge is 2.38. The summed E-state index contributed by atoms with van der Waals surface area (Å²) >= 11 is 0. The van der Waals surface area contributed by atoms with Crippen molar-refractivity contribution in [2.24, 2.45) is 0 Å². The van der Waals surface area contributed by atoms with E-state index in [2.05, 4.69) is 19.9 Å². The molecule has 0 bridgehead atoms. The Kier molecular flexibility index (Phi) is 7.83. The Morgan fingerprint density at radius 1 is 1.00 bits per heavy atom. The second-order valence-corrected chi connectivity index (χ2v) is 7.69. The van der Waals surface area contributed by atoms with E-state index in [0.717, 1.165) is 39.7 Å². The molecule has 1 amide bonds. The van der Waals surface area contributed by atoms with Gasteiger partial charge in [-0.15, -0.1) is 0 Å². The van der Waals surface area contributed by atoms with E-state index in [-0.39, 0.29) is 5.91 Å². The van der Waals surface area contributed by atoms with Gasteiger partial charge in [-0.25, -0.2) is 9.78 Å². The topological polar surface area (TPSA) is 112 Å². The van der Waals surface area contributed by atoms with E-state index in [1.54, 1.807) is 30.5 Å². The summed E-state index contributed by atoms with van der Waals surface area (Å²) in [5.41, 5.74) is 5.84. The van der Waals surface area contributed by atoms with E-state index in [1.165, 1.54) is 0 Å². The van der Waals surface area contributed by atoms with Gasteiger partial charge >= 0.3 is 12.1 Å². The van der Waals surface area contributed by atoms with Crippen LogP contribution in [-0.2, 0) is 4.79 Å². The van der Waals surface area contributed by atoms with Gasteiger partial charge in [0.2, 0.25) is 0 Å². The Bertz CT molecular complexity index is 1350. The number of amides is 1. The molecule has 0 aliphatic rings. The number of carbonyl (C=O) groups is 2. The Hall–Kier alpha value is -4.54. The second kappa shape index (κ2) is 10.8. The maximum Gasteiger partial charge on any atom is 0.490 e. The number of rotatable bonds is 4. The zero-order chi connectivity index (χ0) is 26.5. The van der Waals surface area contributed by atoms with Gasteiger partial charge in [-0.2, -0.15) is 13.2 Å². The molecule has 36 heavy (non-hydrogen) atoms. The molecule has 186 valence electrons. The van der Waals surface area contributed by atoms with Crippen LogP contribution in [0.4, 0.5) is 18.9 Å². The molecule has 0 fully saturated rings. The summed E-state index contributed by atoms with van der Waals surface area (Å²) in [4.78, 5) is 39.9. The number of carbonyl (C=O) groups excluding carboxylic acids is 1. The minimum absolute atomic E-state index is 0.114. The summed E-state index contributed by atoms with van der Waals surface area (Å²) < 4.78 is 31.7. The highest BCUT2D eigenvalue weighted by molar-refractivity contribution is 6.06. The first-order valence-corrected chi connectivity index (χ1v) is 10.6. The number of aryl methyl sites for hydroxylation is 2. The van der Waals surface area contributed by atoms with Crippen LogP contribution in [0.2, 0.25) is 0 Å². The van der Waals surface area contributed by atoms with Crippen LogP contribution in [0.15, 0.2) is 67.1 Å². The molecule has 11 heteroatoms. The van der Waals surface area contributed by atoms with Crippen molar-refractivity contribution in [2.45, 2.75) is 20.0 Å². The number of pyridine rings is 2. The summed E-state index contributed by atoms with van der Waals surface area (Å²) in [6.07, 6.45) is -0.00782. The molecule has 0 aliphatic heterocycles. The third-order valence-electron chi connectivity index (χ3n) is 5.14. The zero-order valence-electron chi connectivity index (χ0n) is 19.5. The average molecular weight is 497 g/mol. The standard InChI is InChI=1S/C23H21N5O.C2HF3O2/c1-15-16(2)27-22(26-15)21-12-17(9-10-25-21)18-11-19(14-24-13-18)23(29)28(3)20-7-5-4-6-8-20;3-2(4,5)1(6)7/h4-14H,1-3H3,(H,26,27);(H,6,7). The van der Waals surface area contributed by atoms with Crippen molar-refractivity contribution in [1.82, 2.24) is 19.9 Å². The van der Waals surface area contributed by atoms with Gasteiger partial charge in [-0.05, 0) is 49.7 Å². The van der Waals surface area contributed by atoms with E-state index in [0.29, 0.717) is 5.56 Å². The zero-order valence-corrected chi connectivity index (χ0v) is 19.5. The Balaban J connectivity index is 0.000000454. The van der Waals surface area contributed by atoms with Gasteiger partial charge in [-0.3, -0.25) is 14.8 Å². The Morgan fingerprint density at radius 2 is 1.67 bits per heavy atom. The van der Waals surface area contributed by atoms with Crippen LogP contribution in [0.5, 0.6) is 0 Å². The van der Waals surface area contributed by atoms with Gasteiger partial charge in [0.1, 0.15) is 5.69 Å². The SMILES string of the molecule is Cc1nc(-c2cc(-c3cncc(C(=O)N(C)c4ccccc4)c3)ccn2)[nH]c1C.O=C(O)C(F)(F)F. The van der Waals surface area contributed by atoms with Crippen molar-refractivity contribution in [1.29, 1.82) is 0 Å². The number of benzene rings is 1. The van der Waals surface area contributed by atoms with Crippen molar-refractivity contribution in [3.63, 3.8) is 0 Å². The lowest BCUT2D eigenvalue weighted by Gasteiger charge is -2.17. The van der Waals surface area contributed by atoms with Crippen molar-refractivity contribution in [3.05, 3.63) is 84.1 Å². The molecule has 1 aromatic carbocycles. The van der Waals surface area contributed by atoms with Gasteiger partial charge in [0.05, 0.1) is 11.3 Å². The van der Waals surface area contributed by atoms with Crippen LogP contribution in [0.25, 0.3) is 22.6 Å². The minimum atomic E-state index is -5.08. The third-order valence-corrected chi connectivity index (χ3v) is 5.14. The first kappa shape index (κ1) is 26.1. The van der Waals surface area contributed by atoms with Crippen molar-refractivity contribution in [2.75, 3.05) is 11.9 Å². The smallest absolute Gasteiger partial charge is 0.475 e. The number of aliphatic carboxylic acids is 1. The number of alkyl halides is 3. The first-order chi connectivity index (χ1) is 17.0. The Labute approximate surface area is 204 Å². The molecule has 0 aliphatic carbocycles. The number of aromatic nitrogens is 4. The van der Waals surface area contributed by atoms with Gasteiger partial charge in [0.15, 0.2) is 5.82 Å². The first-order valence-electron chi connectivity index (χ1n) is 10.6. The minimum Gasteiger partial charge on any atom is -0.475 e. The summed E-state index contributed by atoms with van der Waals surface area (Å²) in [5, 5.41) is 7.12. The lowest BCUT2D eigenvalue weighted by atomic mass is 10.1. The van der Waals surface area contributed by atoms with Crippen molar-refractivity contribution in [3.8, 4) is 22.6 Å². The highest BCUT2D eigenvalue weighted by atomic mass is 19.4. The Morgan fingerprint density at radius 3 is 2.25 bits per heavy atom. The second-order valence-electron chi connectivity index (χ2n) is 7.69. The number of hydrogen-bond acceptors (Lipinski definition) is 5. The summed E-state index contributed by atoms with van der Waals surface area (Å²) in [7, 11) is 1.76. The van der Waals surface area contributed by atoms with E-state index >= 15 is 0 Å². The summed E-state index contributed by atoms with van der Waals surface area (Å²) in [6, 6.07) is 15.2. The van der Waals surface area contributed by atoms with Gasteiger partial charge in [0, 0.05) is 42.6 Å². The molecular weight excluding hydrogens is 475 g/mol. The summed E-state index contributed by atoms with van der Waals surface area (Å²) in [6.45, 7) is 3.94. The number of nitrogens with zero attached hydrogens (tertiary/aromatic N) is 4.